The molecular weight excluding hydrogens is 176 g/mol. The van der Waals surface area contributed by atoms with E-state index in [4.69, 9.17) is 0 Å². The van der Waals surface area contributed by atoms with Gasteiger partial charge in [-0.1, -0.05) is 0 Å². The van der Waals surface area contributed by atoms with Crippen molar-refractivity contribution in [2.45, 2.75) is 0 Å². The molecule has 2 rings (SSSR count). The summed E-state index contributed by atoms with van der Waals surface area (Å²) in [6, 6.07) is 0. The Morgan fingerprint density at radius 1 is 0.929 bits per heavy atom. The smallest absolute Gasteiger partial charge is 0.155 e. The Hall–Kier alpha value is -1.50. The lowest BCUT2D eigenvalue weighted by Crippen LogP contribution is -2.14. The fourth-order valence-electron chi connectivity index (χ4n) is 1.58. The van der Waals surface area contributed by atoms with Crippen LogP contribution >= 0.6 is 0 Å². The molecule has 0 spiro atoms. The third-order valence-electron chi connectivity index (χ3n) is 2.54. The quantitative estimate of drug-likeness (QED) is 0.506. The molecule has 0 unspecified atom stereocenters. The van der Waals surface area contributed by atoms with E-state index in [-0.39, 0.29) is 0 Å². The molecule has 0 aromatic rings. The highest BCUT2D eigenvalue weighted by molar-refractivity contribution is 5.07. The summed E-state index contributed by atoms with van der Waals surface area (Å²) in [4.78, 5) is 4.28. The second-order valence-electron chi connectivity index (χ2n) is 3.64. The predicted octanol–water partition coefficient (Wildman–Crippen LogP) is -0.507. The van der Waals surface area contributed by atoms with Gasteiger partial charge in [0.25, 0.3) is 0 Å². The Kier molecular flexibility index (Phi) is 2.40. The highest BCUT2D eigenvalue weighted by Gasteiger charge is 2.11. The van der Waals surface area contributed by atoms with Gasteiger partial charge in [0.05, 0.1) is 0 Å². The van der Waals surface area contributed by atoms with Crippen molar-refractivity contribution in [1.82, 2.24) is 20.4 Å². The zero-order chi connectivity index (χ0) is 9.97. The van der Waals surface area contributed by atoms with Crippen molar-refractivity contribution in [1.29, 1.82) is 0 Å². The van der Waals surface area contributed by atoms with Crippen molar-refractivity contribution in [2.24, 2.45) is 0 Å². The van der Waals surface area contributed by atoms with Gasteiger partial charge in [-0.15, -0.1) is 0 Å². The minimum absolute atomic E-state index is 0.999. The molecule has 4 heteroatoms. The lowest BCUT2D eigenvalue weighted by molar-refractivity contribution is 0.482. The van der Waals surface area contributed by atoms with E-state index in [0.29, 0.717) is 0 Å². The first kappa shape index (κ1) is 9.07. The summed E-state index contributed by atoms with van der Waals surface area (Å²) in [5, 5.41) is 6.51. The summed E-state index contributed by atoms with van der Waals surface area (Å²) in [5.74, 6) is 2.05. The first-order valence-electron chi connectivity index (χ1n) is 4.93. The summed E-state index contributed by atoms with van der Waals surface area (Å²) in [7, 11) is 4.11. The maximum atomic E-state index is 3.25. The molecule has 2 fully saturated rings. The van der Waals surface area contributed by atoms with Gasteiger partial charge in [-0.25, -0.2) is 0 Å². The van der Waals surface area contributed by atoms with Crippen LogP contribution in [0.25, 0.3) is 0 Å². The normalized spacial score (nSPS) is 20.4. The third kappa shape index (κ3) is 1.72. The van der Waals surface area contributed by atoms with Crippen LogP contribution in [0, 0.1) is 0 Å². The molecule has 2 aliphatic heterocycles. The first-order chi connectivity index (χ1) is 6.77. The molecule has 2 N–H and O–H groups in total. The molecule has 2 saturated heterocycles. The van der Waals surface area contributed by atoms with E-state index in [1.165, 1.54) is 0 Å². The van der Waals surface area contributed by atoms with Crippen LogP contribution in [-0.4, -0.2) is 50.1 Å². The molecule has 0 atom stereocenters. The van der Waals surface area contributed by atoms with Gasteiger partial charge in [-0.3, -0.25) is 0 Å². The minimum Gasteiger partial charge on any atom is -0.363 e. The van der Waals surface area contributed by atoms with E-state index in [2.05, 4.69) is 46.0 Å². The maximum Gasteiger partial charge on any atom is 0.155 e. The third-order valence-corrected chi connectivity index (χ3v) is 2.54. The molecule has 14 heavy (non-hydrogen) atoms. The molecule has 0 saturated carbocycles. The molecular formula is C10H16N4. The number of nitrogens with one attached hydrogen (secondary N) is 2. The lowest BCUT2D eigenvalue weighted by Gasteiger charge is -2.08. The zero-order valence-corrected chi connectivity index (χ0v) is 8.72. The average molecular weight is 192 g/mol. The van der Waals surface area contributed by atoms with Crippen molar-refractivity contribution in [3.8, 4) is 0 Å². The molecule has 0 aromatic heterocycles. The van der Waals surface area contributed by atoms with Crippen LogP contribution in [0.5, 0.6) is 0 Å². The van der Waals surface area contributed by atoms with E-state index >= 15 is 0 Å². The molecule has 0 radical (unpaired) electrons. The second kappa shape index (κ2) is 3.70. The van der Waals surface area contributed by atoms with Crippen LogP contribution in [0.2, 0.25) is 0 Å². The highest BCUT2D eigenvalue weighted by atomic mass is 15.3. The van der Waals surface area contributed by atoms with Gasteiger partial charge < -0.3 is 20.4 Å². The van der Waals surface area contributed by atoms with E-state index in [1.807, 2.05) is 0 Å². The van der Waals surface area contributed by atoms with Crippen molar-refractivity contribution >= 4 is 0 Å². The Bertz CT molecular complexity index is 289. The van der Waals surface area contributed by atoms with Gasteiger partial charge in [0.1, 0.15) is 0 Å². The Labute approximate surface area is 84.6 Å². The van der Waals surface area contributed by atoms with Crippen LogP contribution in [0.1, 0.15) is 0 Å². The van der Waals surface area contributed by atoms with Gasteiger partial charge >= 0.3 is 0 Å². The van der Waals surface area contributed by atoms with E-state index < -0.39 is 0 Å². The predicted molar refractivity (Wildman–Crippen MR) is 55.3 cm³/mol. The second-order valence-corrected chi connectivity index (χ2v) is 3.64. The first-order valence-corrected chi connectivity index (χ1v) is 4.93. The van der Waals surface area contributed by atoms with Crippen molar-refractivity contribution in [3.05, 3.63) is 23.1 Å². The van der Waals surface area contributed by atoms with Gasteiger partial charge in [-0.05, 0) is 11.5 Å². The van der Waals surface area contributed by atoms with Gasteiger partial charge in [-0.2, -0.15) is 0 Å². The molecule has 4 nitrogen and oxygen atoms in total. The fraction of sp³-hybridized carbons (Fsp3) is 0.600. The number of hydrogen-bond acceptors (Lipinski definition) is 4. The fourth-order valence-corrected chi connectivity index (χ4v) is 1.58. The molecule has 2 heterocycles. The van der Waals surface area contributed by atoms with Crippen LogP contribution in [0.15, 0.2) is 23.1 Å². The summed E-state index contributed by atoms with van der Waals surface area (Å²) < 4.78 is 0. The van der Waals surface area contributed by atoms with Gasteiger partial charge in [0.15, 0.2) is 11.6 Å². The lowest BCUT2D eigenvalue weighted by atomic mass is 10.6. The van der Waals surface area contributed by atoms with E-state index in [1.54, 1.807) is 0 Å². The topological polar surface area (TPSA) is 30.5 Å². The summed E-state index contributed by atoms with van der Waals surface area (Å²) in [6.45, 7) is 4.09. The Balaban J connectivity index is 2.25. The number of rotatable bonds is 0. The molecule has 2 aliphatic rings. The summed E-state index contributed by atoms with van der Waals surface area (Å²) >= 11 is 0. The Morgan fingerprint density at radius 3 is 1.64 bits per heavy atom. The van der Waals surface area contributed by atoms with Crippen molar-refractivity contribution in [3.63, 3.8) is 0 Å². The number of likely N-dealkylation sites (N-methyl/N-ethyl adjacent to an activating group) is 2. The van der Waals surface area contributed by atoms with Crippen LogP contribution in [0.4, 0.5) is 0 Å². The summed E-state index contributed by atoms with van der Waals surface area (Å²) in [6.07, 6.45) is 0. The summed E-state index contributed by atoms with van der Waals surface area (Å²) in [5.41, 5.74) is 6.29. The molecule has 0 aromatic carbocycles. The SMILES string of the molecule is CN1CCNC1=C=C=C1NCCN1C. The Morgan fingerprint density at radius 2 is 1.36 bits per heavy atom. The highest BCUT2D eigenvalue weighted by Crippen LogP contribution is 2.03. The number of nitrogens with zero attached hydrogens (tertiary/aromatic N) is 2. The van der Waals surface area contributed by atoms with E-state index in [9.17, 15) is 0 Å². The molecule has 0 amide bonds. The standard InChI is InChI=1S/C10H16N4/c1-13-7-5-11-9(13)3-4-10-12-6-8-14(10)2/h11-12H,5-8H2,1-2H3. The molecule has 76 valence electrons. The van der Waals surface area contributed by atoms with Crippen LogP contribution in [0.3, 0.4) is 0 Å². The van der Waals surface area contributed by atoms with Crippen molar-refractivity contribution in [2.75, 3.05) is 40.3 Å². The van der Waals surface area contributed by atoms with Gasteiger partial charge in [0, 0.05) is 40.3 Å². The molecule has 0 bridgehead atoms. The molecule has 0 aliphatic carbocycles. The largest absolute Gasteiger partial charge is 0.363 e. The maximum absolute atomic E-state index is 3.25. The zero-order valence-electron chi connectivity index (χ0n) is 8.72. The minimum atomic E-state index is 0.999. The average Bonchev–Trinajstić information content (AvgIpc) is 2.72. The van der Waals surface area contributed by atoms with Crippen LogP contribution < -0.4 is 10.6 Å². The van der Waals surface area contributed by atoms with Crippen LogP contribution in [-0.2, 0) is 0 Å². The van der Waals surface area contributed by atoms with E-state index in [0.717, 1.165) is 37.8 Å². The van der Waals surface area contributed by atoms with Crippen molar-refractivity contribution < 1.29 is 0 Å². The monoisotopic (exact) mass is 192 g/mol. The number of hydrogen-bond donors (Lipinski definition) is 2. The van der Waals surface area contributed by atoms with Gasteiger partial charge in [0.2, 0.25) is 0 Å².